The maximum absolute atomic E-state index is 13.7. The standard InChI is InChI=1S/C34H56N10O10S2/c1-17(2)14-23(28(46)41-25(16-26(35)45)29(47)40-22(32(50)51)8-7-13-38-33(36)37)42-31(49)27(19(5)6)44-30(48)24(15-18(3)4)43-34(55)39-20-9-11-21(12-10-20)56(52,53)54/h9-12,17-19,22-25,27H,7-8,13-16H2,1-6H3,(H2,35,45)(H,40,47)(H,41,46)(H,42,49)(H,44,48)(H,50,51)(H4,36,37,38)(H2,39,43,55)(H,52,53,54)/t22-,23-,24-,25-,27-/m0/s1. The first-order valence-corrected chi connectivity index (χ1v) is 19.7. The van der Waals surface area contributed by atoms with Crippen molar-refractivity contribution in [3.63, 3.8) is 0 Å². The van der Waals surface area contributed by atoms with E-state index in [1.54, 1.807) is 27.7 Å². The highest BCUT2D eigenvalue weighted by Gasteiger charge is 2.34. The molecule has 22 heteroatoms. The quantitative estimate of drug-likeness (QED) is 0.0213. The van der Waals surface area contributed by atoms with Crippen molar-refractivity contribution in [1.29, 1.82) is 0 Å². The summed E-state index contributed by atoms with van der Waals surface area (Å²) in [6.07, 6.45) is -0.213. The van der Waals surface area contributed by atoms with Gasteiger partial charge in [-0.2, -0.15) is 8.42 Å². The van der Waals surface area contributed by atoms with Gasteiger partial charge in [-0.15, -0.1) is 0 Å². The third-order valence-electron chi connectivity index (χ3n) is 7.92. The van der Waals surface area contributed by atoms with Crippen molar-refractivity contribution in [2.24, 2.45) is 39.9 Å². The summed E-state index contributed by atoms with van der Waals surface area (Å²) in [6, 6.07) is -1.29. The summed E-state index contributed by atoms with van der Waals surface area (Å²) < 4.78 is 31.9. The number of hydrogen-bond donors (Lipinski definition) is 11. The van der Waals surface area contributed by atoms with Crippen molar-refractivity contribution in [2.45, 2.75) is 109 Å². The van der Waals surface area contributed by atoms with Crippen LogP contribution in [0.15, 0.2) is 34.2 Å². The monoisotopic (exact) mass is 828 g/mol. The van der Waals surface area contributed by atoms with Crippen LogP contribution in [0.25, 0.3) is 0 Å². The molecule has 0 aromatic heterocycles. The maximum Gasteiger partial charge on any atom is 0.326 e. The molecule has 20 nitrogen and oxygen atoms in total. The van der Waals surface area contributed by atoms with Crippen LogP contribution < -0.4 is 49.1 Å². The summed E-state index contributed by atoms with van der Waals surface area (Å²) in [6.45, 7) is 10.8. The second-order valence-electron chi connectivity index (χ2n) is 14.3. The number of primary amides is 1. The molecule has 1 rings (SSSR count). The lowest BCUT2D eigenvalue weighted by atomic mass is 9.98. The number of carbonyl (C=O) groups is 6. The summed E-state index contributed by atoms with van der Waals surface area (Å²) in [5.74, 6) is -6.37. The van der Waals surface area contributed by atoms with Crippen molar-refractivity contribution in [3.05, 3.63) is 24.3 Å². The normalized spacial score (nSPS) is 14.0. The number of aliphatic carboxylic acids is 1. The molecule has 0 heterocycles. The van der Waals surface area contributed by atoms with Crippen LogP contribution in [0.4, 0.5) is 5.69 Å². The molecule has 0 bridgehead atoms. The van der Waals surface area contributed by atoms with Gasteiger partial charge in [-0.25, -0.2) is 4.79 Å². The molecule has 0 radical (unpaired) electrons. The number of hydrogen-bond acceptors (Lipinski definition) is 10. The summed E-state index contributed by atoms with van der Waals surface area (Å²) in [4.78, 5) is 81.4. The van der Waals surface area contributed by atoms with Crippen molar-refractivity contribution >= 4 is 74.6 Å². The Morgan fingerprint density at radius 2 is 1.21 bits per heavy atom. The zero-order chi connectivity index (χ0) is 42.9. The highest BCUT2D eigenvalue weighted by atomic mass is 32.2. The average molecular weight is 829 g/mol. The molecule has 5 atom stereocenters. The summed E-state index contributed by atoms with van der Waals surface area (Å²) in [5.41, 5.74) is 16.3. The Labute approximate surface area is 332 Å². The molecule has 1 aromatic rings. The number of aliphatic imine (C=N–C) groups is 1. The lowest BCUT2D eigenvalue weighted by molar-refractivity contribution is -0.142. The van der Waals surface area contributed by atoms with Gasteiger partial charge in [-0.3, -0.25) is 33.5 Å². The highest BCUT2D eigenvalue weighted by molar-refractivity contribution is 7.85. The van der Waals surface area contributed by atoms with Crippen LogP contribution >= 0.6 is 12.2 Å². The van der Waals surface area contributed by atoms with Gasteiger partial charge >= 0.3 is 5.97 Å². The van der Waals surface area contributed by atoms with Crippen LogP contribution in [0.3, 0.4) is 0 Å². The van der Waals surface area contributed by atoms with Gasteiger partial charge in [-0.05, 0) is 79.9 Å². The molecule has 314 valence electrons. The van der Waals surface area contributed by atoms with E-state index in [2.05, 4.69) is 36.9 Å². The third-order valence-corrected chi connectivity index (χ3v) is 9.01. The first-order chi connectivity index (χ1) is 25.9. The molecular weight excluding hydrogens is 773 g/mol. The topological polar surface area (TPSA) is 340 Å². The number of guanidine groups is 1. The molecule has 14 N–H and O–H groups in total. The predicted octanol–water partition coefficient (Wildman–Crippen LogP) is -0.711. The lowest BCUT2D eigenvalue weighted by Crippen LogP contribution is -2.60. The van der Waals surface area contributed by atoms with Gasteiger partial charge in [0.1, 0.15) is 30.2 Å². The van der Waals surface area contributed by atoms with Gasteiger partial charge in [0.15, 0.2) is 11.1 Å². The predicted molar refractivity (Wildman–Crippen MR) is 212 cm³/mol. The van der Waals surface area contributed by atoms with Gasteiger partial charge in [0.2, 0.25) is 29.5 Å². The summed E-state index contributed by atoms with van der Waals surface area (Å²) in [7, 11) is -4.41. The number of rotatable bonds is 23. The molecule has 0 unspecified atom stereocenters. The number of thiocarbonyl (C=S) groups is 1. The van der Waals surface area contributed by atoms with Crippen LogP contribution in [0.1, 0.15) is 73.6 Å². The number of anilines is 1. The average Bonchev–Trinajstić information content (AvgIpc) is 3.06. The van der Waals surface area contributed by atoms with Gasteiger partial charge in [0.05, 0.1) is 11.3 Å². The first kappa shape index (κ1) is 48.9. The zero-order valence-electron chi connectivity index (χ0n) is 32.3. The smallest absolute Gasteiger partial charge is 0.326 e. The number of carboxylic acid groups (broad SMARTS) is 1. The van der Waals surface area contributed by atoms with E-state index in [1.807, 2.05) is 13.8 Å². The van der Waals surface area contributed by atoms with Crippen molar-refractivity contribution < 1.29 is 46.8 Å². The minimum atomic E-state index is -4.41. The highest BCUT2D eigenvalue weighted by Crippen LogP contribution is 2.15. The van der Waals surface area contributed by atoms with E-state index in [4.69, 9.17) is 29.4 Å². The Morgan fingerprint density at radius 1 is 0.732 bits per heavy atom. The minimum Gasteiger partial charge on any atom is -0.480 e. The van der Waals surface area contributed by atoms with Crippen LogP contribution in [0.5, 0.6) is 0 Å². The SMILES string of the molecule is CC(C)C[C@H](NC(=O)[C@@H](NC(=O)[C@H](CC(C)C)NC(=S)Nc1ccc(S(=O)(=O)O)cc1)C(C)C)C(=O)N[C@@H](CC(N)=O)C(=O)N[C@@H](CCCN=C(N)N)C(=O)O. The fourth-order valence-electron chi connectivity index (χ4n) is 5.21. The second kappa shape index (κ2) is 23.1. The van der Waals surface area contributed by atoms with E-state index >= 15 is 0 Å². The molecule has 1 aromatic carbocycles. The van der Waals surface area contributed by atoms with Crippen molar-refractivity contribution in [2.75, 3.05) is 11.9 Å². The van der Waals surface area contributed by atoms with E-state index in [9.17, 15) is 46.8 Å². The summed E-state index contributed by atoms with van der Waals surface area (Å²) in [5, 5.41) is 25.5. The zero-order valence-corrected chi connectivity index (χ0v) is 34.0. The van der Waals surface area contributed by atoms with Crippen molar-refractivity contribution in [1.82, 2.24) is 26.6 Å². The number of carboxylic acids is 1. The fraction of sp³-hybridized carbons (Fsp3) is 0.588. The van der Waals surface area contributed by atoms with E-state index < -0.39 is 88.2 Å². The Kier molecular flexibility index (Phi) is 20.2. The molecule has 0 aliphatic carbocycles. The largest absolute Gasteiger partial charge is 0.480 e. The lowest BCUT2D eigenvalue weighted by Gasteiger charge is -2.29. The van der Waals surface area contributed by atoms with Gasteiger partial charge in [0, 0.05) is 12.2 Å². The van der Waals surface area contributed by atoms with Gasteiger partial charge in [0.25, 0.3) is 10.1 Å². The van der Waals surface area contributed by atoms with Crippen molar-refractivity contribution in [3.8, 4) is 0 Å². The number of nitrogens with one attached hydrogen (secondary N) is 6. The van der Waals surface area contributed by atoms with E-state index in [-0.39, 0.29) is 60.0 Å². The number of carbonyl (C=O) groups excluding carboxylic acids is 5. The number of nitrogens with zero attached hydrogens (tertiary/aromatic N) is 1. The number of amides is 5. The Hall–Kier alpha value is -5.09. The molecule has 0 spiro atoms. The van der Waals surface area contributed by atoms with Gasteiger partial charge in [-0.1, -0.05) is 41.5 Å². The molecule has 56 heavy (non-hydrogen) atoms. The van der Waals surface area contributed by atoms with E-state index in [0.717, 1.165) is 0 Å². The number of nitrogens with two attached hydrogens (primary N) is 3. The summed E-state index contributed by atoms with van der Waals surface area (Å²) >= 11 is 5.39. The third kappa shape index (κ3) is 18.5. The van der Waals surface area contributed by atoms with Crippen LogP contribution in [-0.2, 0) is 38.9 Å². The van der Waals surface area contributed by atoms with E-state index in [1.165, 1.54) is 24.3 Å². The molecular formula is C34H56N10O10S2. The van der Waals surface area contributed by atoms with Gasteiger partial charge < -0.3 is 54.2 Å². The van der Waals surface area contributed by atoms with E-state index in [0.29, 0.717) is 5.69 Å². The maximum atomic E-state index is 13.7. The first-order valence-electron chi connectivity index (χ1n) is 17.8. The molecule has 0 saturated heterocycles. The Bertz CT molecular complexity index is 1680. The fourth-order valence-corrected chi connectivity index (χ4v) is 5.95. The second-order valence-corrected chi connectivity index (χ2v) is 16.1. The number of benzene rings is 1. The van der Waals surface area contributed by atoms with Crippen LogP contribution in [0, 0.1) is 17.8 Å². The molecule has 0 saturated carbocycles. The molecule has 0 aliphatic heterocycles. The molecule has 0 fully saturated rings. The Balaban J connectivity index is 3.17. The van der Waals surface area contributed by atoms with Crippen LogP contribution in [-0.4, -0.2) is 101 Å². The van der Waals surface area contributed by atoms with Crippen LogP contribution in [0.2, 0.25) is 0 Å². The Morgan fingerprint density at radius 3 is 1.68 bits per heavy atom. The minimum absolute atomic E-state index is 0.0124. The molecule has 0 aliphatic rings. The molecule has 5 amide bonds.